The van der Waals surface area contributed by atoms with E-state index in [0.29, 0.717) is 12.8 Å². The number of carboxylic acids is 1. The van der Waals surface area contributed by atoms with Gasteiger partial charge < -0.3 is 5.11 Å². The van der Waals surface area contributed by atoms with Crippen molar-refractivity contribution in [2.45, 2.75) is 38.6 Å². The zero-order valence-electron chi connectivity index (χ0n) is 11.4. The lowest BCUT2D eigenvalue weighted by atomic mass is 10.1. The number of nitrogens with zero attached hydrogens (tertiary/aromatic N) is 4. The molecule has 1 aromatic carbocycles. The van der Waals surface area contributed by atoms with Gasteiger partial charge in [0.1, 0.15) is 0 Å². The largest absolute Gasteiger partial charge is 0.481 e. The van der Waals surface area contributed by atoms with Crippen molar-refractivity contribution >= 4 is 5.97 Å². The molecule has 0 aliphatic carbocycles. The summed E-state index contributed by atoms with van der Waals surface area (Å²) in [5, 5.41) is 20.6. The molecule has 1 heterocycles. The highest BCUT2D eigenvalue weighted by molar-refractivity contribution is 5.67. The predicted molar refractivity (Wildman–Crippen MR) is 73.2 cm³/mol. The summed E-state index contributed by atoms with van der Waals surface area (Å²) in [4.78, 5) is 10.9. The molecular weight excluding hydrogens is 256 g/mol. The third kappa shape index (κ3) is 3.63. The Kier molecular flexibility index (Phi) is 4.81. The van der Waals surface area contributed by atoms with Gasteiger partial charge in [-0.3, -0.25) is 4.79 Å². The van der Waals surface area contributed by atoms with E-state index in [1.54, 1.807) is 4.68 Å². The fraction of sp³-hybridized carbons (Fsp3) is 0.429. The van der Waals surface area contributed by atoms with Gasteiger partial charge >= 0.3 is 5.97 Å². The molecule has 1 aromatic heterocycles. The smallest absolute Gasteiger partial charge is 0.305 e. The maximum Gasteiger partial charge on any atom is 0.305 e. The molecule has 1 atom stereocenters. The van der Waals surface area contributed by atoms with Crippen molar-refractivity contribution in [1.82, 2.24) is 20.2 Å². The lowest BCUT2D eigenvalue weighted by Gasteiger charge is -2.14. The second kappa shape index (κ2) is 6.79. The topological polar surface area (TPSA) is 80.9 Å². The highest BCUT2D eigenvalue weighted by Gasteiger charge is 2.18. The van der Waals surface area contributed by atoms with E-state index in [1.165, 1.54) is 5.56 Å². The molecule has 0 saturated carbocycles. The van der Waals surface area contributed by atoms with Gasteiger partial charge in [0.15, 0.2) is 5.82 Å². The van der Waals surface area contributed by atoms with Crippen LogP contribution >= 0.6 is 0 Å². The van der Waals surface area contributed by atoms with Gasteiger partial charge in [0.25, 0.3) is 0 Å². The first kappa shape index (κ1) is 14.2. The second-order valence-corrected chi connectivity index (χ2v) is 4.69. The number of hydrogen-bond donors (Lipinski definition) is 1. The molecule has 20 heavy (non-hydrogen) atoms. The van der Waals surface area contributed by atoms with Crippen LogP contribution in [0.2, 0.25) is 0 Å². The Bertz CT molecular complexity index is 553. The molecule has 1 N–H and O–H groups in total. The molecule has 0 saturated heterocycles. The van der Waals surface area contributed by atoms with Gasteiger partial charge in [0.2, 0.25) is 0 Å². The predicted octanol–water partition coefficient (Wildman–Crippen LogP) is 1.88. The first-order valence-electron chi connectivity index (χ1n) is 6.73. The molecule has 0 aliphatic heterocycles. The van der Waals surface area contributed by atoms with Gasteiger partial charge in [-0.2, -0.15) is 0 Å². The SMILES string of the molecule is CCC(CC(=O)O)n1nnnc1CCc1ccccc1. The Morgan fingerprint density at radius 1 is 1.30 bits per heavy atom. The minimum atomic E-state index is -0.832. The molecule has 0 bridgehead atoms. The fourth-order valence-corrected chi connectivity index (χ4v) is 2.17. The van der Waals surface area contributed by atoms with Crippen molar-refractivity contribution in [3.8, 4) is 0 Å². The number of aromatic nitrogens is 4. The van der Waals surface area contributed by atoms with Gasteiger partial charge in [-0.25, -0.2) is 4.68 Å². The summed E-state index contributed by atoms with van der Waals surface area (Å²) >= 11 is 0. The van der Waals surface area contributed by atoms with Crippen LogP contribution in [0.15, 0.2) is 30.3 Å². The average molecular weight is 274 g/mol. The summed E-state index contributed by atoms with van der Waals surface area (Å²) in [5.41, 5.74) is 1.22. The molecule has 6 nitrogen and oxygen atoms in total. The van der Waals surface area contributed by atoms with E-state index in [9.17, 15) is 4.79 Å². The number of rotatable bonds is 7. The number of tetrazole rings is 1. The zero-order valence-corrected chi connectivity index (χ0v) is 11.4. The Morgan fingerprint density at radius 3 is 2.70 bits per heavy atom. The number of hydrogen-bond acceptors (Lipinski definition) is 4. The highest BCUT2D eigenvalue weighted by atomic mass is 16.4. The van der Waals surface area contributed by atoms with Crippen LogP contribution < -0.4 is 0 Å². The van der Waals surface area contributed by atoms with Crippen LogP contribution in [0.5, 0.6) is 0 Å². The molecule has 1 unspecified atom stereocenters. The Hall–Kier alpha value is -2.24. The first-order valence-corrected chi connectivity index (χ1v) is 6.73. The normalized spacial score (nSPS) is 12.2. The third-order valence-electron chi connectivity index (χ3n) is 3.27. The van der Waals surface area contributed by atoms with Crippen molar-refractivity contribution in [2.24, 2.45) is 0 Å². The minimum Gasteiger partial charge on any atom is -0.481 e. The minimum absolute atomic E-state index is 0.0415. The van der Waals surface area contributed by atoms with E-state index in [2.05, 4.69) is 27.7 Å². The fourth-order valence-electron chi connectivity index (χ4n) is 2.17. The number of benzene rings is 1. The summed E-state index contributed by atoms with van der Waals surface area (Å²) in [5.74, 6) is -0.0942. The van der Waals surface area contributed by atoms with Gasteiger partial charge in [-0.05, 0) is 28.8 Å². The summed E-state index contributed by atoms with van der Waals surface area (Å²) < 4.78 is 1.65. The van der Waals surface area contributed by atoms with Crippen LogP contribution in [0.25, 0.3) is 0 Å². The van der Waals surface area contributed by atoms with E-state index < -0.39 is 5.97 Å². The van der Waals surface area contributed by atoms with Crippen LogP contribution in [0.1, 0.15) is 37.2 Å². The quantitative estimate of drug-likeness (QED) is 0.833. The van der Waals surface area contributed by atoms with Crippen LogP contribution in [0.3, 0.4) is 0 Å². The number of carboxylic acid groups (broad SMARTS) is 1. The molecule has 0 amide bonds. The number of aryl methyl sites for hydroxylation is 2. The number of aliphatic carboxylic acids is 1. The van der Waals surface area contributed by atoms with Crippen molar-refractivity contribution in [3.63, 3.8) is 0 Å². The molecule has 0 spiro atoms. The van der Waals surface area contributed by atoms with E-state index in [1.807, 2.05) is 25.1 Å². The first-order chi connectivity index (χ1) is 9.70. The molecule has 2 rings (SSSR count). The van der Waals surface area contributed by atoms with Crippen molar-refractivity contribution < 1.29 is 9.90 Å². The summed E-state index contributed by atoms with van der Waals surface area (Å²) in [7, 11) is 0. The average Bonchev–Trinajstić information content (AvgIpc) is 2.91. The maximum atomic E-state index is 10.9. The van der Waals surface area contributed by atoms with Gasteiger partial charge in [-0.1, -0.05) is 37.3 Å². The van der Waals surface area contributed by atoms with Crippen LogP contribution in [0, 0.1) is 0 Å². The van der Waals surface area contributed by atoms with Gasteiger partial charge in [0.05, 0.1) is 12.5 Å². The van der Waals surface area contributed by atoms with E-state index in [0.717, 1.165) is 12.2 Å². The highest BCUT2D eigenvalue weighted by Crippen LogP contribution is 2.16. The summed E-state index contributed by atoms with van der Waals surface area (Å²) in [6, 6.07) is 9.90. The molecule has 0 aliphatic rings. The Morgan fingerprint density at radius 2 is 2.05 bits per heavy atom. The van der Waals surface area contributed by atoms with E-state index in [-0.39, 0.29) is 12.5 Å². The van der Waals surface area contributed by atoms with E-state index in [4.69, 9.17) is 5.11 Å². The maximum absolute atomic E-state index is 10.9. The van der Waals surface area contributed by atoms with Crippen LogP contribution in [-0.4, -0.2) is 31.3 Å². The zero-order chi connectivity index (χ0) is 14.4. The molecule has 6 heteroatoms. The van der Waals surface area contributed by atoms with Crippen molar-refractivity contribution in [2.75, 3.05) is 0 Å². The molecule has 2 aromatic rings. The third-order valence-corrected chi connectivity index (χ3v) is 3.27. The van der Waals surface area contributed by atoms with Gasteiger partial charge in [-0.15, -0.1) is 5.10 Å². The molecule has 106 valence electrons. The van der Waals surface area contributed by atoms with E-state index >= 15 is 0 Å². The number of carbonyl (C=O) groups is 1. The second-order valence-electron chi connectivity index (χ2n) is 4.69. The Balaban J connectivity index is 2.06. The monoisotopic (exact) mass is 274 g/mol. The molecular formula is C14H18N4O2. The molecule has 0 fully saturated rings. The lowest BCUT2D eigenvalue weighted by molar-refractivity contribution is -0.138. The lowest BCUT2D eigenvalue weighted by Crippen LogP contribution is -2.17. The van der Waals surface area contributed by atoms with Gasteiger partial charge in [0, 0.05) is 6.42 Å². The Labute approximate surface area is 117 Å². The summed E-state index contributed by atoms with van der Waals surface area (Å²) in [6.45, 7) is 1.94. The summed E-state index contributed by atoms with van der Waals surface area (Å²) in [6.07, 6.45) is 2.27. The van der Waals surface area contributed by atoms with Crippen molar-refractivity contribution in [1.29, 1.82) is 0 Å². The van der Waals surface area contributed by atoms with Crippen molar-refractivity contribution in [3.05, 3.63) is 41.7 Å². The van der Waals surface area contributed by atoms with Crippen LogP contribution in [0.4, 0.5) is 0 Å². The molecule has 0 radical (unpaired) electrons. The standard InChI is InChI=1S/C14H18N4O2/c1-2-12(10-14(19)20)18-13(15-16-17-18)9-8-11-6-4-3-5-7-11/h3-7,12H,2,8-10H2,1H3,(H,19,20). The van der Waals surface area contributed by atoms with Crippen LogP contribution in [-0.2, 0) is 17.6 Å².